The fourth-order valence-electron chi connectivity index (χ4n) is 1.30. The molecule has 0 aliphatic heterocycles. The van der Waals surface area contributed by atoms with Crippen molar-refractivity contribution in [2.75, 3.05) is 0 Å². The van der Waals surface area contributed by atoms with E-state index in [9.17, 15) is 19.4 Å². The van der Waals surface area contributed by atoms with E-state index in [1.165, 1.54) is 12.1 Å². The molecule has 0 spiro atoms. The second-order valence-electron chi connectivity index (χ2n) is 3.13. The number of carboxylic acids is 1. The molecule has 4 heteroatoms. The number of hydrogen-bond acceptors (Lipinski definition) is 3. The number of aliphatic carboxylic acids is 1. The molecule has 0 bridgehead atoms. The fraction of sp³-hybridized carbons (Fsp3) is 0.182. The number of hydrogen-bond donors (Lipinski definition) is 1. The summed E-state index contributed by atoms with van der Waals surface area (Å²) >= 11 is 0. The topological polar surface area (TPSA) is 60.4 Å². The highest BCUT2D eigenvalue weighted by atomic mass is 19.1. The summed E-state index contributed by atoms with van der Waals surface area (Å²) in [5.74, 6) is -2.58. The Bertz CT molecular complexity index is 399. The van der Waals surface area contributed by atoms with Crippen LogP contribution in [0.15, 0.2) is 24.8 Å². The lowest BCUT2D eigenvalue weighted by molar-refractivity contribution is -0.304. The van der Waals surface area contributed by atoms with Crippen LogP contribution in [0.4, 0.5) is 4.39 Å². The lowest BCUT2D eigenvalue weighted by Crippen LogP contribution is -2.24. The van der Waals surface area contributed by atoms with Crippen LogP contribution < -0.4 is 5.11 Å². The SMILES string of the molecule is C=CCc1cc(CC(=O)[O-])cc(F)c1O. The van der Waals surface area contributed by atoms with E-state index in [0.717, 1.165) is 6.07 Å². The standard InChI is InChI=1S/C11H11FO3/c1-2-3-8-4-7(6-10(13)14)5-9(12)11(8)15/h2,4-5,15H,1,3,6H2,(H,13,14)/p-1. The van der Waals surface area contributed by atoms with E-state index in [-0.39, 0.29) is 18.4 Å². The van der Waals surface area contributed by atoms with E-state index in [1.54, 1.807) is 0 Å². The first-order chi connectivity index (χ1) is 7.04. The minimum absolute atomic E-state index is 0.266. The Hall–Kier alpha value is -1.84. The van der Waals surface area contributed by atoms with Crippen LogP contribution in [0.1, 0.15) is 11.1 Å². The van der Waals surface area contributed by atoms with Crippen LogP contribution in [0, 0.1) is 5.82 Å². The van der Waals surface area contributed by atoms with E-state index in [0.29, 0.717) is 5.56 Å². The summed E-state index contributed by atoms with van der Waals surface area (Å²) in [5, 5.41) is 19.6. The van der Waals surface area contributed by atoms with Gasteiger partial charge in [-0.25, -0.2) is 4.39 Å². The summed E-state index contributed by atoms with van der Waals surface area (Å²) in [6.07, 6.45) is 1.41. The van der Waals surface area contributed by atoms with Crippen LogP contribution in [0.2, 0.25) is 0 Å². The minimum atomic E-state index is -1.29. The number of aromatic hydroxyl groups is 1. The van der Waals surface area contributed by atoms with Gasteiger partial charge in [0.15, 0.2) is 11.6 Å². The second-order valence-corrected chi connectivity index (χ2v) is 3.13. The molecule has 0 aromatic heterocycles. The Labute approximate surface area is 86.5 Å². The first-order valence-corrected chi connectivity index (χ1v) is 4.35. The van der Waals surface area contributed by atoms with Gasteiger partial charge in [0.1, 0.15) is 0 Å². The third-order valence-electron chi connectivity index (χ3n) is 1.91. The average molecular weight is 209 g/mol. The number of carbonyl (C=O) groups is 1. The predicted octanol–water partition coefficient (Wildman–Crippen LogP) is 0.552. The van der Waals surface area contributed by atoms with Gasteiger partial charge in [-0.05, 0) is 18.1 Å². The number of benzene rings is 1. The van der Waals surface area contributed by atoms with Gasteiger partial charge in [0.2, 0.25) is 0 Å². The molecule has 1 aromatic rings. The van der Waals surface area contributed by atoms with Gasteiger partial charge in [-0.1, -0.05) is 12.1 Å². The van der Waals surface area contributed by atoms with Crippen LogP contribution in [-0.4, -0.2) is 11.1 Å². The lowest BCUT2D eigenvalue weighted by atomic mass is 10.0. The third kappa shape index (κ3) is 2.80. The van der Waals surface area contributed by atoms with E-state index < -0.39 is 17.5 Å². The molecule has 0 aliphatic rings. The number of allylic oxidation sites excluding steroid dienone is 1. The molecule has 0 heterocycles. The Balaban J connectivity index is 3.10. The molecular formula is C11H10FO3-. The molecule has 0 saturated carbocycles. The van der Waals surface area contributed by atoms with Crippen molar-refractivity contribution in [3.63, 3.8) is 0 Å². The van der Waals surface area contributed by atoms with Crippen molar-refractivity contribution in [3.8, 4) is 5.75 Å². The van der Waals surface area contributed by atoms with Gasteiger partial charge < -0.3 is 15.0 Å². The van der Waals surface area contributed by atoms with Crippen LogP contribution in [-0.2, 0) is 17.6 Å². The maximum atomic E-state index is 13.1. The highest BCUT2D eigenvalue weighted by molar-refractivity contribution is 5.68. The first-order valence-electron chi connectivity index (χ1n) is 4.35. The monoisotopic (exact) mass is 209 g/mol. The van der Waals surface area contributed by atoms with Crippen LogP contribution in [0.25, 0.3) is 0 Å². The van der Waals surface area contributed by atoms with Gasteiger partial charge in [-0.15, -0.1) is 6.58 Å². The second kappa shape index (κ2) is 4.59. The molecule has 0 unspecified atom stereocenters. The molecular weight excluding hydrogens is 199 g/mol. The van der Waals surface area contributed by atoms with E-state index in [4.69, 9.17) is 0 Å². The maximum absolute atomic E-state index is 13.1. The smallest absolute Gasteiger partial charge is 0.165 e. The molecule has 15 heavy (non-hydrogen) atoms. The fourth-order valence-corrected chi connectivity index (χ4v) is 1.30. The summed E-state index contributed by atoms with van der Waals surface area (Å²) in [4.78, 5) is 10.3. The zero-order valence-electron chi connectivity index (χ0n) is 8.00. The molecule has 0 radical (unpaired) electrons. The number of rotatable bonds is 4. The van der Waals surface area contributed by atoms with Crippen LogP contribution in [0.5, 0.6) is 5.75 Å². The number of carbonyl (C=O) groups excluding carboxylic acids is 1. The van der Waals surface area contributed by atoms with E-state index in [2.05, 4.69) is 6.58 Å². The number of halogens is 1. The molecule has 0 saturated heterocycles. The highest BCUT2D eigenvalue weighted by Crippen LogP contribution is 2.24. The summed E-state index contributed by atoms with van der Waals surface area (Å²) in [6.45, 7) is 3.46. The average Bonchev–Trinajstić information content (AvgIpc) is 2.12. The van der Waals surface area contributed by atoms with Gasteiger partial charge in [0.25, 0.3) is 0 Å². The predicted molar refractivity (Wildman–Crippen MR) is 50.7 cm³/mol. The number of phenolic OH excluding ortho intramolecular Hbond substituents is 1. The summed E-state index contributed by atoms with van der Waals surface area (Å²) < 4.78 is 13.1. The summed E-state index contributed by atoms with van der Waals surface area (Å²) in [7, 11) is 0. The summed E-state index contributed by atoms with van der Waals surface area (Å²) in [5.41, 5.74) is 0.586. The Morgan fingerprint density at radius 1 is 1.60 bits per heavy atom. The maximum Gasteiger partial charge on any atom is 0.165 e. The zero-order valence-corrected chi connectivity index (χ0v) is 8.00. The van der Waals surface area contributed by atoms with Crippen molar-refractivity contribution < 1.29 is 19.4 Å². The molecule has 0 aliphatic carbocycles. The Kier molecular flexibility index (Phi) is 3.44. The summed E-state index contributed by atoms with van der Waals surface area (Å²) in [6, 6.07) is 2.41. The van der Waals surface area contributed by atoms with Crippen molar-refractivity contribution in [1.29, 1.82) is 0 Å². The largest absolute Gasteiger partial charge is 0.550 e. The van der Waals surface area contributed by atoms with Crippen molar-refractivity contribution in [1.82, 2.24) is 0 Å². The van der Waals surface area contributed by atoms with Crippen molar-refractivity contribution in [2.45, 2.75) is 12.8 Å². The molecule has 1 rings (SSSR count). The van der Waals surface area contributed by atoms with Gasteiger partial charge in [-0.2, -0.15) is 0 Å². The number of phenols is 1. The first kappa shape index (κ1) is 11.2. The van der Waals surface area contributed by atoms with Gasteiger partial charge in [0, 0.05) is 18.0 Å². The molecule has 1 N–H and O–H groups in total. The van der Waals surface area contributed by atoms with E-state index >= 15 is 0 Å². The van der Waals surface area contributed by atoms with Gasteiger partial charge >= 0.3 is 0 Å². The Morgan fingerprint density at radius 3 is 2.80 bits per heavy atom. The lowest BCUT2D eigenvalue weighted by Gasteiger charge is -2.08. The Morgan fingerprint density at radius 2 is 2.27 bits per heavy atom. The molecule has 0 fully saturated rings. The molecule has 1 aromatic carbocycles. The van der Waals surface area contributed by atoms with Crippen molar-refractivity contribution in [2.24, 2.45) is 0 Å². The van der Waals surface area contributed by atoms with E-state index in [1.807, 2.05) is 0 Å². The zero-order chi connectivity index (χ0) is 11.4. The highest BCUT2D eigenvalue weighted by Gasteiger charge is 2.08. The molecule has 0 atom stereocenters. The normalized spacial score (nSPS) is 9.93. The van der Waals surface area contributed by atoms with Crippen LogP contribution in [0.3, 0.4) is 0 Å². The van der Waals surface area contributed by atoms with Crippen LogP contribution >= 0.6 is 0 Å². The third-order valence-corrected chi connectivity index (χ3v) is 1.91. The van der Waals surface area contributed by atoms with Gasteiger partial charge in [0.05, 0.1) is 0 Å². The molecule has 3 nitrogen and oxygen atoms in total. The van der Waals surface area contributed by atoms with Crippen molar-refractivity contribution in [3.05, 3.63) is 41.7 Å². The minimum Gasteiger partial charge on any atom is -0.550 e. The van der Waals surface area contributed by atoms with Crippen molar-refractivity contribution >= 4 is 5.97 Å². The quantitative estimate of drug-likeness (QED) is 0.737. The molecule has 0 amide bonds. The number of carboxylic acid groups (broad SMARTS) is 1. The molecule has 80 valence electrons. The van der Waals surface area contributed by atoms with Gasteiger partial charge in [-0.3, -0.25) is 0 Å².